The average molecular weight is 467 g/mol. The molecule has 0 aliphatic carbocycles. The normalized spacial score (nSPS) is 22.0. The first-order valence-electron chi connectivity index (χ1n) is 10.3. The summed E-state index contributed by atoms with van der Waals surface area (Å²) in [6.45, 7) is 5.11. The van der Waals surface area contributed by atoms with E-state index in [1.807, 2.05) is 6.92 Å². The maximum Gasteiger partial charge on any atom is 0.338 e. The van der Waals surface area contributed by atoms with Gasteiger partial charge in [0.25, 0.3) is 10.1 Å². The second kappa shape index (κ2) is 10.2. The summed E-state index contributed by atoms with van der Waals surface area (Å²) in [5.74, 6) is -1.80. The Balaban J connectivity index is 1.83. The number of hydrogen-bond acceptors (Lipinski definition) is 9. The van der Waals surface area contributed by atoms with Gasteiger partial charge in [0.15, 0.2) is 0 Å². The van der Waals surface area contributed by atoms with E-state index in [0.717, 1.165) is 5.56 Å². The van der Waals surface area contributed by atoms with Crippen LogP contribution in [0.25, 0.3) is 0 Å². The van der Waals surface area contributed by atoms with Crippen molar-refractivity contribution >= 4 is 22.1 Å². The monoisotopic (exact) mass is 466 g/mol. The molecule has 1 aromatic rings. The van der Waals surface area contributed by atoms with E-state index in [1.165, 1.54) is 18.4 Å². The Morgan fingerprint density at radius 2 is 1.75 bits per heavy atom. The Kier molecular flexibility index (Phi) is 7.57. The minimum Gasteiger partial charge on any atom is -0.495 e. The van der Waals surface area contributed by atoms with Gasteiger partial charge in [0.2, 0.25) is 0 Å². The third-order valence-corrected chi connectivity index (χ3v) is 6.29. The standard InChI is InChI=1S/C22H26O9S/c1-4-27-19(23)12-17-21(22(24)28-5-2)20-16(31-17)10-11-29-18(20)13-30-32(25,26)15-8-6-14(3)7-9-15/h6-11,16,18,20H,4-5,12-13H2,1-3H3/t16-,18+,20-/m0/s1. The van der Waals surface area contributed by atoms with Gasteiger partial charge in [-0.15, -0.1) is 0 Å². The lowest BCUT2D eigenvalue weighted by Crippen LogP contribution is -2.39. The molecule has 0 amide bonds. The van der Waals surface area contributed by atoms with Gasteiger partial charge in [0.05, 0.1) is 35.9 Å². The van der Waals surface area contributed by atoms with Crippen LogP contribution in [0.15, 0.2) is 52.8 Å². The minimum atomic E-state index is -4.04. The number of esters is 2. The molecule has 9 nitrogen and oxygen atoms in total. The third-order valence-electron chi connectivity index (χ3n) is 4.99. The van der Waals surface area contributed by atoms with Crippen molar-refractivity contribution in [2.75, 3.05) is 19.8 Å². The number of benzene rings is 1. The second-order valence-corrected chi connectivity index (χ2v) is 8.82. The molecule has 174 valence electrons. The molecule has 2 aliphatic rings. The Hall–Kier alpha value is -2.85. The molecule has 0 saturated carbocycles. The molecule has 1 aromatic carbocycles. The van der Waals surface area contributed by atoms with Crippen molar-refractivity contribution in [1.82, 2.24) is 0 Å². The number of hydrogen-bond donors (Lipinski definition) is 0. The first kappa shape index (κ1) is 23.8. The number of ether oxygens (including phenoxy) is 4. The van der Waals surface area contributed by atoms with Crippen molar-refractivity contribution in [3.05, 3.63) is 53.5 Å². The van der Waals surface area contributed by atoms with Crippen LogP contribution in [0.1, 0.15) is 25.8 Å². The van der Waals surface area contributed by atoms with E-state index in [9.17, 15) is 18.0 Å². The highest BCUT2D eigenvalue weighted by Crippen LogP contribution is 2.40. The Bertz CT molecular complexity index is 1010. The van der Waals surface area contributed by atoms with E-state index in [2.05, 4.69) is 0 Å². The van der Waals surface area contributed by atoms with E-state index in [0.29, 0.717) is 0 Å². The summed E-state index contributed by atoms with van der Waals surface area (Å²) in [5, 5.41) is 0. The first-order valence-corrected chi connectivity index (χ1v) is 11.7. The van der Waals surface area contributed by atoms with Crippen molar-refractivity contribution in [3.8, 4) is 0 Å². The number of carbonyl (C=O) groups is 2. The molecule has 32 heavy (non-hydrogen) atoms. The van der Waals surface area contributed by atoms with E-state index in [-0.39, 0.29) is 42.5 Å². The number of fused-ring (bicyclic) bond motifs is 1. The minimum absolute atomic E-state index is 0.0119. The summed E-state index contributed by atoms with van der Waals surface area (Å²) in [6, 6.07) is 6.24. The molecule has 0 radical (unpaired) electrons. The van der Waals surface area contributed by atoms with Crippen LogP contribution in [-0.4, -0.2) is 52.4 Å². The number of aryl methyl sites for hydroxylation is 1. The van der Waals surface area contributed by atoms with Gasteiger partial charge < -0.3 is 18.9 Å². The lowest BCUT2D eigenvalue weighted by atomic mass is 9.87. The van der Waals surface area contributed by atoms with Gasteiger partial charge >= 0.3 is 11.9 Å². The van der Waals surface area contributed by atoms with Crippen LogP contribution in [0.3, 0.4) is 0 Å². The Labute approximate surface area is 187 Å². The highest BCUT2D eigenvalue weighted by molar-refractivity contribution is 7.86. The van der Waals surface area contributed by atoms with Crippen LogP contribution in [0.4, 0.5) is 0 Å². The topological polar surface area (TPSA) is 114 Å². The molecular formula is C22H26O9S. The van der Waals surface area contributed by atoms with Crippen LogP contribution in [-0.2, 0) is 42.8 Å². The quantitative estimate of drug-likeness (QED) is 0.400. The molecule has 0 aromatic heterocycles. The first-order chi connectivity index (χ1) is 15.3. The predicted molar refractivity (Wildman–Crippen MR) is 112 cm³/mol. The van der Waals surface area contributed by atoms with Crippen LogP contribution in [0, 0.1) is 12.8 Å². The third kappa shape index (κ3) is 5.31. The van der Waals surface area contributed by atoms with Crippen molar-refractivity contribution in [3.63, 3.8) is 0 Å². The summed E-state index contributed by atoms with van der Waals surface area (Å²) in [7, 11) is -4.04. The fourth-order valence-corrected chi connectivity index (χ4v) is 4.45. The zero-order valence-electron chi connectivity index (χ0n) is 18.1. The Morgan fingerprint density at radius 1 is 1.06 bits per heavy atom. The second-order valence-electron chi connectivity index (χ2n) is 7.20. The van der Waals surface area contributed by atoms with Gasteiger partial charge in [0, 0.05) is 0 Å². The van der Waals surface area contributed by atoms with Gasteiger partial charge in [0.1, 0.15) is 31.0 Å². The summed E-state index contributed by atoms with van der Waals surface area (Å²) in [4.78, 5) is 24.7. The van der Waals surface area contributed by atoms with Gasteiger partial charge in [-0.25, -0.2) is 4.79 Å². The highest BCUT2D eigenvalue weighted by Gasteiger charge is 2.48. The Morgan fingerprint density at radius 3 is 2.41 bits per heavy atom. The molecule has 0 N–H and O–H groups in total. The molecule has 10 heteroatoms. The summed E-state index contributed by atoms with van der Waals surface area (Å²) in [5.41, 5.74) is 1.03. The largest absolute Gasteiger partial charge is 0.495 e. The molecule has 2 heterocycles. The summed E-state index contributed by atoms with van der Waals surface area (Å²) in [6.07, 6.45) is 1.21. The van der Waals surface area contributed by atoms with E-state index >= 15 is 0 Å². The van der Waals surface area contributed by atoms with Crippen LogP contribution >= 0.6 is 0 Å². The molecule has 2 aliphatic heterocycles. The number of rotatable bonds is 9. The molecule has 3 rings (SSSR count). The number of carbonyl (C=O) groups excluding carboxylic acids is 2. The maximum absolute atomic E-state index is 12.7. The van der Waals surface area contributed by atoms with E-state index < -0.39 is 40.2 Å². The molecule has 3 atom stereocenters. The van der Waals surface area contributed by atoms with Crippen LogP contribution < -0.4 is 0 Å². The zero-order valence-corrected chi connectivity index (χ0v) is 18.9. The highest BCUT2D eigenvalue weighted by atomic mass is 32.2. The molecular weight excluding hydrogens is 440 g/mol. The van der Waals surface area contributed by atoms with Crippen LogP contribution in [0.2, 0.25) is 0 Å². The van der Waals surface area contributed by atoms with E-state index in [4.69, 9.17) is 23.1 Å². The smallest absolute Gasteiger partial charge is 0.338 e. The SMILES string of the molecule is CCOC(=O)CC1=C(C(=O)OCC)[C@H]2[C@H](C=CO[C@@H]2COS(=O)(=O)c2ccc(C)cc2)O1. The fraction of sp³-hybridized carbons (Fsp3) is 0.455. The predicted octanol–water partition coefficient (Wildman–Crippen LogP) is 2.40. The van der Waals surface area contributed by atoms with Gasteiger partial charge in [-0.3, -0.25) is 8.98 Å². The van der Waals surface area contributed by atoms with Gasteiger partial charge in [-0.2, -0.15) is 8.42 Å². The average Bonchev–Trinajstić information content (AvgIpc) is 3.11. The van der Waals surface area contributed by atoms with Gasteiger partial charge in [-0.1, -0.05) is 17.7 Å². The lowest BCUT2D eigenvalue weighted by molar-refractivity contribution is -0.143. The fourth-order valence-electron chi connectivity index (χ4n) is 3.53. The van der Waals surface area contributed by atoms with Crippen molar-refractivity contribution in [2.24, 2.45) is 5.92 Å². The lowest BCUT2D eigenvalue weighted by Gasteiger charge is -2.30. The molecule has 0 bridgehead atoms. The van der Waals surface area contributed by atoms with Crippen molar-refractivity contribution < 1.29 is 41.1 Å². The van der Waals surface area contributed by atoms with Gasteiger partial charge in [-0.05, 0) is 39.0 Å². The van der Waals surface area contributed by atoms with Crippen molar-refractivity contribution in [2.45, 2.75) is 44.3 Å². The molecule has 0 spiro atoms. The maximum atomic E-state index is 12.7. The van der Waals surface area contributed by atoms with E-state index in [1.54, 1.807) is 32.1 Å². The molecule has 0 saturated heterocycles. The molecule has 0 fully saturated rings. The zero-order chi connectivity index (χ0) is 23.3. The van der Waals surface area contributed by atoms with Crippen LogP contribution in [0.5, 0.6) is 0 Å². The summed E-state index contributed by atoms with van der Waals surface area (Å²) < 4.78 is 51.9. The molecule has 0 unspecified atom stereocenters. The van der Waals surface area contributed by atoms with Crippen molar-refractivity contribution in [1.29, 1.82) is 0 Å². The summed E-state index contributed by atoms with van der Waals surface area (Å²) >= 11 is 0.